The summed E-state index contributed by atoms with van der Waals surface area (Å²) in [5.41, 5.74) is 1.32. The fraction of sp³-hybridized carbons (Fsp3) is 0.533. The number of amides is 1. The molecule has 1 unspecified atom stereocenters. The SMILES string of the molecule is CCOC(=O)N1CCN(Cc2ccccc2)C(C)C1. The predicted molar refractivity (Wildman–Crippen MR) is 74.9 cm³/mol. The number of hydrogen-bond donors (Lipinski definition) is 0. The van der Waals surface area contributed by atoms with Gasteiger partial charge in [-0.3, -0.25) is 4.90 Å². The van der Waals surface area contributed by atoms with Crippen molar-refractivity contribution in [1.29, 1.82) is 0 Å². The second-order valence-corrected chi connectivity index (χ2v) is 4.95. The Hall–Kier alpha value is -1.55. The lowest BCUT2D eigenvalue weighted by molar-refractivity contribution is 0.0544. The highest BCUT2D eigenvalue weighted by atomic mass is 16.6. The van der Waals surface area contributed by atoms with E-state index in [1.165, 1.54) is 5.56 Å². The zero-order valence-electron chi connectivity index (χ0n) is 11.7. The smallest absolute Gasteiger partial charge is 0.409 e. The predicted octanol–water partition coefficient (Wildman–Crippen LogP) is 2.35. The molecule has 4 heteroatoms. The number of benzene rings is 1. The standard InChI is InChI=1S/C15H22N2O2/c1-3-19-15(18)17-10-9-16(13(2)11-17)12-14-7-5-4-6-8-14/h4-8,13H,3,9-12H2,1-2H3. The first-order valence-corrected chi connectivity index (χ1v) is 6.90. The van der Waals surface area contributed by atoms with Crippen LogP contribution in [0.5, 0.6) is 0 Å². The van der Waals surface area contributed by atoms with Crippen molar-refractivity contribution in [2.75, 3.05) is 26.2 Å². The van der Waals surface area contributed by atoms with E-state index in [9.17, 15) is 4.79 Å². The molecular weight excluding hydrogens is 240 g/mol. The molecule has 0 aliphatic carbocycles. The highest BCUT2D eigenvalue weighted by Crippen LogP contribution is 2.14. The maximum absolute atomic E-state index is 11.7. The van der Waals surface area contributed by atoms with Gasteiger partial charge < -0.3 is 9.64 Å². The summed E-state index contributed by atoms with van der Waals surface area (Å²) in [5.74, 6) is 0. The average Bonchev–Trinajstić information content (AvgIpc) is 2.42. The summed E-state index contributed by atoms with van der Waals surface area (Å²) >= 11 is 0. The molecule has 1 aromatic rings. The number of nitrogens with zero attached hydrogens (tertiary/aromatic N) is 2. The van der Waals surface area contributed by atoms with Gasteiger partial charge in [-0.05, 0) is 19.4 Å². The van der Waals surface area contributed by atoms with Crippen LogP contribution in [0.25, 0.3) is 0 Å². The van der Waals surface area contributed by atoms with E-state index in [2.05, 4.69) is 36.1 Å². The topological polar surface area (TPSA) is 32.8 Å². The molecule has 0 radical (unpaired) electrons. The van der Waals surface area contributed by atoms with Crippen LogP contribution < -0.4 is 0 Å². The third-order valence-corrected chi connectivity index (χ3v) is 3.52. The van der Waals surface area contributed by atoms with E-state index >= 15 is 0 Å². The molecule has 0 saturated carbocycles. The molecule has 0 spiro atoms. The quantitative estimate of drug-likeness (QED) is 0.838. The van der Waals surface area contributed by atoms with Gasteiger partial charge in [-0.25, -0.2) is 4.79 Å². The van der Waals surface area contributed by atoms with Crippen LogP contribution in [0.1, 0.15) is 19.4 Å². The van der Waals surface area contributed by atoms with E-state index in [-0.39, 0.29) is 6.09 Å². The highest BCUT2D eigenvalue weighted by molar-refractivity contribution is 5.67. The fourth-order valence-corrected chi connectivity index (χ4v) is 2.43. The Bertz CT molecular complexity index is 408. The summed E-state index contributed by atoms with van der Waals surface area (Å²) in [6, 6.07) is 10.8. The fourth-order valence-electron chi connectivity index (χ4n) is 2.43. The lowest BCUT2D eigenvalue weighted by atomic mass is 10.1. The first kappa shape index (κ1) is 13.9. The van der Waals surface area contributed by atoms with Gasteiger partial charge in [0.1, 0.15) is 0 Å². The summed E-state index contributed by atoms with van der Waals surface area (Å²) < 4.78 is 5.05. The molecule has 1 heterocycles. The van der Waals surface area contributed by atoms with E-state index in [1.54, 1.807) is 4.90 Å². The van der Waals surface area contributed by atoms with Crippen LogP contribution in [-0.4, -0.2) is 48.2 Å². The van der Waals surface area contributed by atoms with Gasteiger partial charge in [0.2, 0.25) is 0 Å². The van der Waals surface area contributed by atoms with E-state index in [1.807, 2.05) is 13.0 Å². The Morgan fingerprint density at radius 2 is 2.05 bits per heavy atom. The molecule has 1 saturated heterocycles. The highest BCUT2D eigenvalue weighted by Gasteiger charge is 2.27. The molecule has 1 aliphatic rings. The minimum absolute atomic E-state index is 0.186. The summed E-state index contributed by atoms with van der Waals surface area (Å²) in [6.45, 7) is 7.77. The third kappa shape index (κ3) is 3.70. The monoisotopic (exact) mass is 262 g/mol. The lowest BCUT2D eigenvalue weighted by Gasteiger charge is -2.39. The summed E-state index contributed by atoms with van der Waals surface area (Å²) in [6.07, 6.45) is -0.186. The number of rotatable bonds is 3. The van der Waals surface area contributed by atoms with Crippen molar-refractivity contribution >= 4 is 6.09 Å². The van der Waals surface area contributed by atoms with Gasteiger partial charge in [0, 0.05) is 32.2 Å². The third-order valence-electron chi connectivity index (χ3n) is 3.52. The van der Waals surface area contributed by atoms with Gasteiger partial charge in [-0.1, -0.05) is 30.3 Å². The van der Waals surface area contributed by atoms with Crippen LogP contribution in [0.4, 0.5) is 4.79 Å². The number of hydrogen-bond acceptors (Lipinski definition) is 3. The van der Waals surface area contributed by atoms with E-state index in [0.717, 1.165) is 26.2 Å². The molecule has 1 aliphatic heterocycles. The summed E-state index contributed by atoms with van der Waals surface area (Å²) in [7, 11) is 0. The number of carbonyl (C=O) groups excluding carboxylic acids is 1. The Morgan fingerprint density at radius 1 is 1.32 bits per heavy atom. The molecule has 104 valence electrons. The van der Waals surface area contributed by atoms with Crippen molar-refractivity contribution in [2.24, 2.45) is 0 Å². The van der Waals surface area contributed by atoms with Crippen molar-refractivity contribution in [3.8, 4) is 0 Å². The summed E-state index contributed by atoms with van der Waals surface area (Å²) in [4.78, 5) is 15.9. The zero-order valence-corrected chi connectivity index (χ0v) is 11.7. The van der Waals surface area contributed by atoms with Gasteiger partial charge in [0.15, 0.2) is 0 Å². The Balaban J connectivity index is 1.88. The Kier molecular flexibility index (Phi) is 4.80. The van der Waals surface area contributed by atoms with Crippen LogP contribution >= 0.6 is 0 Å². The van der Waals surface area contributed by atoms with Crippen LogP contribution in [0.2, 0.25) is 0 Å². The molecule has 1 fully saturated rings. The molecule has 1 atom stereocenters. The van der Waals surface area contributed by atoms with Crippen molar-refractivity contribution in [3.05, 3.63) is 35.9 Å². The van der Waals surface area contributed by atoms with E-state index in [4.69, 9.17) is 4.74 Å². The van der Waals surface area contributed by atoms with Crippen molar-refractivity contribution in [2.45, 2.75) is 26.4 Å². The minimum atomic E-state index is -0.186. The maximum Gasteiger partial charge on any atom is 0.409 e. The number of carbonyl (C=O) groups is 1. The average molecular weight is 262 g/mol. The summed E-state index contributed by atoms with van der Waals surface area (Å²) in [5, 5.41) is 0. The first-order chi connectivity index (χ1) is 9.20. The van der Waals surface area contributed by atoms with Gasteiger partial charge in [-0.15, -0.1) is 0 Å². The van der Waals surface area contributed by atoms with E-state index < -0.39 is 0 Å². The molecule has 0 bridgehead atoms. The molecular formula is C15H22N2O2. The second-order valence-electron chi connectivity index (χ2n) is 4.95. The van der Waals surface area contributed by atoms with Crippen LogP contribution in [-0.2, 0) is 11.3 Å². The molecule has 4 nitrogen and oxygen atoms in total. The lowest BCUT2D eigenvalue weighted by Crippen LogP contribution is -2.53. The zero-order chi connectivity index (χ0) is 13.7. The van der Waals surface area contributed by atoms with Crippen molar-refractivity contribution < 1.29 is 9.53 Å². The molecule has 0 N–H and O–H groups in total. The van der Waals surface area contributed by atoms with Gasteiger partial charge >= 0.3 is 6.09 Å². The molecule has 1 amide bonds. The van der Waals surface area contributed by atoms with Gasteiger partial charge in [0.25, 0.3) is 0 Å². The van der Waals surface area contributed by atoms with Crippen LogP contribution in [0, 0.1) is 0 Å². The first-order valence-electron chi connectivity index (χ1n) is 6.90. The largest absolute Gasteiger partial charge is 0.450 e. The van der Waals surface area contributed by atoms with Gasteiger partial charge in [0.05, 0.1) is 6.61 Å². The van der Waals surface area contributed by atoms with Crippen LogP contribution in [0.3, 0.4) is 0 Å². The van der Waals surface area contributed by atoms with E-state index in [0.29, 0.717) is 12.6 Å². The molecule has 1 aromatic carbocycles. The minimum Gasteiger partial charge on any atom is -0.450 e. The van der Waals surface area contributed by atoms with Gasteiger partial charge in [-0.2, -0.15) is 0 Å². The number of piperazine rings is 1. The van der Waals surface area contributed by atoms with Crippen molar-refractivity contribution in [3.63, 3.8) is 0 Å². The Labute approximate surface area is 115 Å². The molecule has 0 aromatic heterocycles. The molecule has 2 rings (SSSR count). The molecule has 19 heavy (non-hydrogen) atoms. The van der Waals surface area contributed by atoms with Crippen molar-refractivity contribution in [1.82, 2.24) is 9.80 Å². The van der Waals surface area contributed by atoms with Crippen LogP contribution in [0.15, 0.2) is 30.3 Å². The Morgan fingerprint density at radius 3 is 2.68 bits per heavy atom. The maximum atomic E-state index is 11.7. The normalized spacial score (nSPS) is 20.3. The number of ether oxygens (including phenoxy) is 1. The second kappa shape index (κ2) is 6.57.